The zero-order chi connectivity index (χ0) is 15.1. The number of benzene rings is 1. The molecule has 1 N–H and O–H groups in total. The van der Waals surface area contributed by atoms with Gasteiger partial charge in [0.05, 0.1) is 13.0 Å². The van der Waals surface area contributed by atoms with Crippen molar-refractivity contribution in [3.05, 3.63) is 35.4 Å². The lowest BCUT2D eigenvalue weighted by molar-refractivity contribution is -0.168. The molecule has 1 unspecified atom stereocenters. The van der Waals surface area contributed by atoms with Crippen molar-refractivity contribution in [2.45, 2.75) is 45.0 Å². The van der Waals surface area contributed by atoms with Crippen molar-refractivity contribution in [2.24, 2.45) is 0 Å². The van der Waals surface area contributed by atoms with Crippen LogP contribution in [-0.4, -0.2) is 29.8 Å². The van der Waals surface area contributed by atoms with E-state index in [1.165, 1.54) is 0 Å². The molecule has 0 aliphatic carbocycles. The number of rotatable bonds is 7. The zero-order valence-corrected chi connectivity index (χ0v) is 11.9. The Balaban J connectivity index is 1.80. The minimum atomic E-state index is -0.958. The molecule has 5 nitrogen and oxygen atoms in total. The Bertz CT molecular complexity index is 474. The first-order valence-corrected chi connectivity index (χ1v) is 7.22. The summed E-state index contributed by atoms with van der Waals surface area (Å²) < 4.78 is 11.1. The Labute approximate surface area is 123 Å². The molecule has 1 aliphatic heterocycles. The number of carbonyl (C=O) groups excluding carboxylic acids is 1. The van der Waals surface area contributed by atoms with Gasteiger partial charge in [0.25, 0.3) is 0 Å². The van der Waals surface area contributed by atoms with Crippen LogP contribution in [0, 0.1) is 0 Å². The SMILES string of the molecule is O=C(O)CCC(=O)c1ccc(COC2CCCCO2)cc1. The van der Waals surface area contributed by atoms with E-state index in [-0.39, 0.29) is 24.9 Å². The van der Waals surface area contributed by atoms with Crippen LogP contribution in [0.1, 0.15) is 48.0 Å². The van der Waals surface area contributed by atoms with Crippen LogP contribution in [0.5, 0.6) is 0 Å². The molecule has 0 aromatic heterocycles. The number of hydrogen-bond acceptors (Lipinski definition) is 4. The summed E-state index contributed by atoms with van der Waals surface area (Å²) in [5.41, 5.74) is 1.51. The van der Waals surface area contributed by atoms with Crippen molar-refractivity contribution < 1.29 is 24.2 Å². The summed E-state index contributed by atoms with van der Waals surface area (Å²) in [6, 6.07) is 7.09. The maximum Gasteiger partial charge on any atom is 0.303 e. The van der Waals surface area contributed by atoms with Crippen LogP contribution in [0.15, 0.2) is 24.3 Å². The Kier molecular flexibility index (Phi) is 5.90. The molecule has 1 fully saturated rings. The number of carboxylic acids is 1. The van der Waals surface area contributed by atoms with Crippen LogP contribution in [0.4, 0.5) is 0 Å². The van der Waals surface area contributed by atoms with Crippen molar-refractivity contribution in [3.63, 3.8) is 0 Å². The van der Waals surface area contributed by atoms with E-state index in [2.05, 4.69) is 0 Å². The van der Waals surface area contributed by atoms with Crippen LogP contribution >= 0.6 is 0 Å². The van der Waals surface area contributed by atoms with Crippen LogP contribution in [-0.2, 0) is 20.9 Å². The predicted molar refractivity (Wildman–Crippen MR) is 76.0 cm³/mol. The molecule has 0 spiro atoms. The second kappa shape index (κ2) is 7.90. The third-order valence-corrected chi connectivity index (χ3v) is 3.42. The molecule has 1 aromatic carbocycles. The zero-order valence-electron chi connectivity index (χ0n) is 11.9. The fourth-order valence-electron chi connectivity index (χ4n) is 2.18. The highest BCUT2D eigenvalue weighted by molar-refractivity contribution is 5.97. The molecule has 0 saturated carbocycles. The van der Waals surface area contributed by atoms with Gasteiger partial charge in [-0.1, -0.05) is 24.3 Å². The van der Waals surface area contributed by atoms with Crippen molar-refractivity contribution in [1.82, 2.24) is 0 Å². The van der Waals surface area contributed by atoms with Crippen molar-refractivity contribution >= 4 is 11.8 Å². The minimum absolute atomic E-state index is 0.0289. The summed E-state index contributed by atoms with van der Waals surface area (Å²) in [4.78, 5) is 22.2. The van der Waals surface area contributed by atoms with Gasteiger partial charge in [-0.3, -0.25) is 9.59 Å². The fraction of sp³-hybridized carbons (Fsp3) is 0.500. The molecule has 0 amide bonds. The number of hydrogen-bond donors (Lipinski definition) is 1. The number of ketones is 1. The normalized spacial score (nSPS) is 18.4. The van der Waals surface area contributed by atoms with Gasteiger partial charge in [-0.05, 0) is 24.8 Å². The van der Waals surface area contributed by atoms with E-state index in [4.69, 9.17) is 14.6 Å². The first-order valence-electron chi connectivity index (χ1n) is 7.22. The van der Waals surface area contributed by atoms with E-state index < -0.39 is 5.97 Å². The van der Waals surface area contributed by atoms with Crippen molar-refractivity contribution in [1.29, 1.82) is 0 Å². The van der Waals surface area contributed by atoms with Gasteiger partial charge in [0, 0.05) is 18.6 Å². The molecule has 0 bridgehead atoms. The summed E-state index contributed by atoms with van der Waals surface area (Å²) >= 11 is 0. The van der Waals surface area contributed by atoms with Gasteiger partial charge in [-0.15, -0.1) is 0 Å². The molecule has 21 heavy (non-hydrogen) atoms. The topological polar surface area (TPSA) is 72.8 Å². The lowest BCUT2D eigenvalue weighted by Crippen LogP contribution is -2.22. The Morgan fingerprint density at radius 1 is 1.19 bits per heavy atom. The van der Waals surface area contributed by atoms with Crippen molar-refractivity contribution in [3.8, 4) is 0 Å². The fourth-order valence-corrected chi connectivity index (χ4v) is 2.18. The molecule has 1 aliphatic rings. The second-order valence-corrected chi connectivity index (χ2v) is 5.12. The van der Waals surface area contributed by atoms with Crippen molar-refractivity contribution in [2.75, 3.05) is 6.61 Å². The molecular weight excluding hydrogens is 272 g/mol. The summed E-state index contributed by atoms with van der Waals surface area (Å²) in [5, 5.41) is 8.57. The Morgan fingerprint density at radius 3 is 2.57 bits per heavy atom. The van der Waals surface area contributed by atoms with Gasteiger partial charge in [-0.25, -0.2) is 0 Å². The molecule has 114 valence electrons. The van der Waals surface area contributed by atoms with Crippen LogP contribution in [0.25, 0.3) is 0 Å². The number of Topliss-reactive ketones (excluding diaryl/α,β-unsaturated/α-hetero) is 1. The number of ether oxygens (including phenoxy) is 2. The van der Waals surface area contributed by atoms with E-state index in [1.807, 2.05) is 12.1 Å². The first kappa shape index (κ1) is 15.7. The van der Waals surface area contributed by atoms with Gasteiger partial charge in [-0.2, -0.15) is 0 Å². The van der Waals surface area contributed by atoms with Crippen LogP contribution in [0.2, 0.25) is 0 Å². The summed E-state index contributed by atoms with van der Waals surface area (Å²) in [6.07, 6.45) is 2.90. The maximum absolute atomic E-state index is 11.8. The average molecular weight is 292 g/mol. The predicted octanol–water partition coefficient (Wildman–Crippen LogP) is 2.78. The van der Waals surface area contributed by atoms with Gasteiger partial charge < -0.3 is 14.6 Å². The largest absolute Gasteiger partial charge is 0.481 e. The van der Waals surface area contributed by atoms with Crippen LogP contribution in [0.3, 0.4) is 0 Å². The smallest absolute Gasteiger partial charge is 0.303 e. The third-order valence-electron chi connectivity index (χ3n) is 3.42. The minimum Gasteiger partial charge on any atom is -0.481 e. The highest BCUT2D eigenvalue weighted by Crippen LogP contribution is 2.16. The standard InChI is InChI=1S/C16H20O5/c17-14(8-9-15(18)19)13-6-4-12(5-7-13)11-21-16-3-1-2-10-20-16/h4-7,16H,1-3,8-11H2,(H,18,19). The lowest BCUT2D eigenvalue weighted by atomic mass is 10.0. The molecule has 1 heterocycles. The second-order valence-electron chi connectivity index (χ2n) is 5.12. The molecule has 5 heteroatoms. The molecule has 1 aromatic rings. The number of carbonyl (C=O) groups is 2. The Hall–Kier alpha value is -1.72. The lowest BCUT2D eigenvalue weighted by Gasteiger charge is -2.22. The molecular formula is C16H20O5. The quantitative estimate of drug-likeness (QED) is 0.782. The van der Waals surface area contributed by atoms with E-state index in [1.54, 1.807) is 12.1 Å². The maximum atomic E-state index is 11.8. The highest BCUT2D eigenvalue weighted by atomic mass is 16.7. The molecule has 1 atom stereocenters. The average Bonchev–Trinajstić information content (AvgIpc) is 2.52. The summed E-state index contributed by atoms with van der Waals surface area (Å²) in [5.74, 6) is -1.11. The molecule has 1 saturated heterocycles. The number of carboxylic acid groups (broad SMARTS) is 1. The van der Waals surface area contributed by atoms with Gasteiger partial charge in [0.15, 0.2) is 12.1 Å². The van der Waals surface area contributed by atoms with E-state index in [0.29, 0.717) is 12.2 Å². The van der Waals surface area contributed by atoms with E-state index >= 15 is 0 Å². The summed E-state index contributed by atoms with van der Waals surface area (Å²) in [6.45, 7) is 1.20. The first-order chi connectivity index (χ1) is 10.1. The van der Waals surface area contributed by atoms with Gasteiger partial charge >= 0.3 is 5.97 Å². The van der Waals surface area contributed by atoms with Gasteiger partial charge in [0.1, 0.15) is 0 Å². The van der Waals surface area contributed by atoms with Crippen LogP contribution < -0.4 is 0 Å². The van der Waals surface area contributed by atoms with E-state index in [0.717, 1.165) is 31.4 Å². The Morgan fingerprint density at radius 2 is 1.95 bits per heavy atom. The molecule has 2 rings (SSSR count). The summed E-state index contributed by atoms with van der Waals surface area (Å²) in [7, 11) is 0. The highest BCUT2D eigenvalue weighted by Gasteiger charge is 2.14. The van der Waals surface area contributed by atoms with E-state index in [9.17, 15) is 9.59 Å². The third kappa shape index (κ3) is 5.28. The monoisotopic (exact) mass is 292 g/mol. The number of aliphatic carboxylic acids is 1. The molecule has 0 radical (unpaired) electrons. The van der Waals surface area contributed by atoms with Gasteiger partial charge in [0.2, 0.25) is 0 Å².